The van der Waals surface area contributed by atoms with Gasteiger partial charge in [-0.15, -0.1) is 11.8 Å². The van der Waals surface area contributed by atoms with Gasteiger partial charge in [0.25, 0.3) is 0 Å². The number of aryl methyl sites for hydroxylation is 1. The molecule has 114 valence electrons. The summed E-state index contributed by atoms with van der Waals surface area (Å²) in [5.74, 6) is -2.20. The number of halogens is 1. The SMILES string of the molecule is Cn1cc(/C=C/C(=O)c2ccc(SCC(=O)O)c(F)c2)cn1. The van der Waals surface area contributed by atoms with Crippen LogP contribution in [0, 0.1) is 5.82 Å². The number of ketones is 1. The number of allylic oxidation sites excluding steroid dienone is 1. The Hall–Kier alpha value is -2.41. The third-order valence-corrected chi connectivity index (χ3v) is 3.75. The molecule has 1 heterocycles. The molecule has 0 fully saturated rings. The molecule has 0 spiro atoms. The Balaban J connectivity index is 2.08. The van der Waals surface area contributed by atoms with E-state index in [1.54, 1.807) is 30.2 Å². The van der Waals surface area contributed by atoms with Gasteiger partial charge in [-0.1, -0.05) is 0 Å². The van der Waals surface area contributed by atoms with Crippen molar-refractivity contribution in [2.75, 3.05) is 5.75 Å². The van der Waals surface area contributed by atoms with Crippen LogP contribution in [0.15, 0.2) is 41.6 Å². The number of carboxylic acids is 1. The zero-order chi connectivity index (χ0) is 16.1. The Morgan fingerprint density at radius 1 is 1.45 bits per heavy atom. The maximum absolute atomic E-state index is 13.8. The van der Waals surface area contributed by atoms with Gasteiger partial charge in [-0.25, -0.2) is 4.39 Å². The van der Waals surface area contributed by atoms with Gasteiger partial charge in [0, 0.05) is 29.3 Å². The van der Waals surface area contributed by atoms with Gasteiger partial charge in [-0.3, -0.25) is 14.3 Å². The Kier molecular flexibility index (Phi) is 5.11. The highest BCUT2D eigenvalue weighted by atomic mass is 32.2. The van der Waals surface area contributed by atoms with E-state index in [-0.39, 0.29) is 22.0 Å². The molecule has 0 saturated carbocycles. The van der Waals surface area contributed by atoms with Gasteiger partial charge in [-0.05, 0) is 30.4 Å². The molecule has 0 aliphatic heterocycles. The topological polar surface area (TPSA) is 72.2 Å². The monoisotopic (exact) mass is 320 g/mol. The van der Waals surface area contributed by atoms with Crippen LogP contribution in [-0.4, -0.2) is 32.4 Å². The smallest absolute Gasteiger partial charge is 0.313 e. The van der Waals surface area contributed by atoms with Crippen LogP contribution < -0.4 is 0 Å². The molecule has 0 saturated heterocycles. The molecule has 0 amide bonds. The van der Waals surface area contributed by atoms with Crippen molar-refractivity contribution in [2.24, 2.45) is 7.05 Å². The highest BCUT2D eigenvalue weighted by molar-refractivity contribution is 8.00. The summed E-state index contributed by atoms with van der Waals surface area (Å²) in [7, 11) is 1.77. The summed E-state index contributed by atoms with van der Waals surface area (Å²) in [6.07, 6.45) is 6.29. The summed E-state index contributed by atoms with van der Waals surface area (Å²) < 4.78 is 15.4. The summed E-state index contributed by atoms with van der Waals surface area (Å²) in [6.45, 7) is 0. The summed E-state index contributed by atoms with van der Waals surface area (Å²) in [5, 5.41) is 12.5. The number of carboxylic acid groups (broad SMARTS) is 1. The molecule has 5 nitrogen and oxygen atoms in total. The number of thioether (sulfide) groups is 1. The number of carbonyl (C=O) groups is 2. The minimum atomic E-state index is -1.02. The number of hydrogen-bond donors (Lipinski definition) is 1. The van der Waals surface area contributed by atoms with Crippen molar-refractivity contribution in [3.8, 4) is 0 Å². The van der Waals surface area contributed by atoms with Crippen LogP contribution in [0.1, 0.15) is 15.9 Å². The fraction of sp³-hybridized carbons (Fsp3) is 0.133. The van der Waals surface area contributed by atoms with E-state index in [1.807, 2.05) is 0 Å². The summed E-state index contributed by atoms with van der Waals surface area (Å²) >= 11 is 0.874. The first-order valence-corrected chi connectivity index (χ1v) is 7.29. The van der Waals surface area contributed by atoms with Crippen LogP contribution >= 0.6 is 11.8 Å². The fourth-order valence-corrected chi connectivity index (χ4v) is 2.35. The fourth-order valence-electron chi connectivity index (χ4n) is 1.70. The lowest BCUT2D eigenvalue weighted by atomic mass is 10.1. The Bertz CT molecular complexity index is 740. The van der Waals surface area contributed by atoms with Crippen LogP contribution in [-0.2, 0) is 11.8 Å². The molecule has 1 N–H and O–H groups in total. The Labute approximate surface area is 130 Å². The molecule has 0 radical (unpaired) electrons. The van der Waals surface area contributed by atoms with Crippen molar-refractivity contribution < 1.29 is 19.1 Å². The predicted octanol–water partition coefficient (Wildman–Crippen LogP) is 2.63. The predicted molar refractivity (Wildman–Crippen MR) is 81.3 cm³/mol. The maximum atomic E-state index is 13.8. The van der Waals surface area contributed by atoms with Crippen LogP contribution in [0.25, 0.3) is 6.08 Å². The maximum Gasteiger partial charge on any atom is 0.313 e. The number of benzene rings is 1. The third kappa shape index (κ3) is 4.29. The van der Waals surface area contributed by atoms with Crippen LogP contribution in [0.3, 0.4) is 0 Å². The van der Waals surface area contributed by atoms with E-state index in [4.69, 9.17) is 5.11 Å². The molecule has 1 aromatic carbocycles. The first-order valence-electron chi connectivity index (χ1n) is 6.31. The van der Waals surface area contributed by atoms with Crippen molar-refractivity contribution in [1.29, 1.82) is 0 Å². The minimum Gasteiger partial charge on any atom is -0.481 e. The molecular weight excluding hydrogens is 307 g/mol. The largest absolute Gasteiger partial charge is 0.481 e. The lowest BCUT2D eigenvalue weighted by molar-refractivity contribution is -0.133. The van der Waals surface area contributed by atoms with Gasteiger partial charge in [0.15, 0.2) is 5.78 Å². The summed E-state index contributed by atoms with van der Waals surface area (Å²) in [5.41, 5.74) is 0.974. The standard InChI is InChI=1S/C15H13FN2O3S/c1-18-8-10(7-17-18)2-4-13(19)11-3-5-14(12(16)6-11)22-9-15(20)21/h2-8H,9H2,1H3,(H,20,21)/b4-2+. The van der Waals surface area contributed by atoms with E-state index in [0.717, 1.165) is 23.4 Å². The van der Waals surface area contributed by atoms with Crippen LogP contribution in [0.4, 0.5) is 4.39 Å². The van der Waals surface area contributed by atoms with Crippen LogP contribution in [0.2, 0.25) is 0 Å². The first kappa shape index (κ1) is 16.0. The zero-order valence-electron chi connectivity index (χ0n) is 11.7. The molecule has 0 bridgehead atoms. The number of aliphatic carboxylic acids is 1. The Morgan fingerprint density at radius 3 is 2.82 bits per heavy atom. The Morgan fingerprint density at radius 2 is 2.23 bits per heavy atom. The van der Waals surface area contributed by atoms with E-state index in [1.165, 1.54) is 18.2 Å². The summed E-state index contributed by atoms with van der Waals surface area (Å²) in [4.78, 5) is 22.6. The van der Waals surface area contributed by atoms with Gasteiger partial charge >= 0.3 is 5.97 Å². The third-order valence-electron chi connectivity index (χ3n) is 2.72. The second-order valence-electron chi connectivity index (χ2n) is 4.47. The number of carbonyl (C=O) groups excluding carboxylic acids is 1. The van der Waals surface area contributed by atoms with Gasteiger partial charge in [-0.2, -0.15) is 5.10 Å². The molecule has 2 rings (SSSR count). The highest BCUT2D eigenvalue weighted by Gasteiger charge is 2.09. The average molecular weight is 320 g/mol. The lowest BCUT2D eigenvalue weighted by Gasteiger charge is -2.02. The van der Waals surface area contributed by atoms with Crippen molar-refractivity contribution >= 4 is 29.6 Å². The molecule has 1 aromatic heterocycles. The number of nitrogens with zero attached hydrogens (tertiary/aromatic N) is 2. The quantitative estimate of drug-likeness (QED) is 0.503. The average Bonchev–Trinajstić information content (AvgIpc) is 2.89. The number of hydrogen-bond acceptors (Lipinski definition) is 4. The highest BCUT2D eigenvalue weighted by Crippen LogP contribution is 2.23. The van der Waals surface area contributed by atoms with Gasteiger partial charge in [0.2, 0.25) is 0 Å². The molecule has 22 heavy (non-hydrogen) atoms. The van der Waals surface area contributed by atoms with Crippen molar-refractivity contribution in [1.82, 2.24) is 9.78 Å². The van der Waals surface area contributed by atoms with Gasteiger partial charge in [0.05, 0.1) is 11.9 Å². The first-order chi connectivity index (χ1) is 10.5. The van der Waals surface area contributed by atoms with Crippen molar-refractivity contribution in [2.45, 2.75) is 4.90 Å². The molecule has 2 aromatic rings. The van der Waals surface area contributed by atoms with Crippen molar-refractivity contribution in [3.05, 3.63) is 53.6 Å². The lowest BCUT2D eigenvalue weighted by Crippen LogP contribution is -2.00. The molecular formula is C15H13FN2O3S. The van der Waals surface area contributed by atoms with Gasteiger partial charge in [0.1, 0.15) is 5.82 Å². The van der Waals surface area contributed by atoms with Crippen LogP contribution in [0.5, 0.6) is 0 Å². The second-order valence-corrected chi connectivity index (χ2v) is 5.49. The molecule has 7 heteroatoms. The molecule has 0 aliphatic carbocycles. The van der Waals surface area contributed by atoms with E-state index in [2.05, 4.69) is 5.10 Å². The van der Waals surface area contributed by atoms with E-state index >= 15 is 0 Å². The van der Waals surface area contributed by atoms with E-state index < -0.39 is 11.8 Å². The second kappa shape index (κ2) is 7.04. The number of aromatic nitrogens is 2. The van der Waals surface area contributed by atoms with E-state index in [0.29, 0.717) is 0 Å². The van der Waals surface area contributed by atoms with Gasteiger partial charge < -0.3 is 5.11 Å². The normalized spacial score (nSPS) is 11.0. The summed E-state index contributed by atoms with van der Waals surface area (Å²) in [6, 6.07) is 4.00. The minimum absolute atomic E-state index is 0.204. The van der Waals surface area contributed by atoms with E-state index in [9.17, 15) is 14.0 Å². The number of rotatable bonds is 6. The molecule has 0 atom stereocenters. The molecule has 0 unspecified atom stereocenters. The zero-order valence-corrected chi connectivity index (χ0v) is 12.5. The molecule has 0 aliphatic rings. The van der Waals surface area contributed by atoms with Crippen molar-refractivity contribution in [3.63, 3.8) is 0 Å².